The molecule has 0 saturated heterocycles. The van der Waals surface area contributed by atoms with Crippen LogP contribution < -0.4 is 34.7 Å². The second-order valence-electron chi connectivity index (χ2n) is 8.31. The van der Waals surface area contributed by atoms with Crippen LogP contribution in [0.1, 0.15) is 129 Å². The molecular weight excluding hydrogens is 357 g/mol. The Morgan fingerprint density at radius 3 is 1.14 bits per heavy atom. The van der Waals surface area contributed by atoms with Crippen LogP contribution in [0.15, 0.2) is 0 Å². The van der Waals surface area contributed by atoms with Crippen LogP contribution in [0.25, 0.3) is 0 Å². The minimum absolute atomic E-state index is 0. The number of carbonyl (C=O) groups is 1. The van der Waals surface area contributed by atoms with Crippen molar-refractivity contribution in [3.8, 4) is 0 Å². The molecule has 0 heterocycles. The van der Waals surface area contributed by atoms with E-state index in [1.54, 1.807) is 0 Å². The van der Waals surface area contributed by atoms with Crippen LogP contribution in [-0.2, 0) is 4.79 Å². The van der Waals surface area contributed by atoms with E-state index in [1.165, 1.54) is 103 Å². The van der Waals surface area contributed by atoms with E-state index in [2.05, 4.69) is 18.7 Å². The predicted octanol–water partition coefficient (Wildman–Crippen LogP) is 3.10. The maximum Gasteiger partial charge on any atom is 1.00 e. The first-order valence-electron chi connectivity index (χ1n) is 12.1. The van der Waals surface area contributed by atoms with Crippen molar-refractivity contribution in [1.29, 1.82) is 0 Å². The van der Waals surface area contributed by atoms with E-state index in [4.69, 9.17) is 0 Å². The largest absolute Gasteiger partial charge is 1.00 e. The monoisotopic (exact) mass is 405 g/mol. The van der Waals surface area contributed by atoms with Gasteiger partial charge < -0.3 is 9.90 Å². The van der Waals surface area contributed by atoms with Crippen molar-refractivity contribution in [3.63, 3.8) is 0 Å². The molecule has 0 aromatic carbocycles. The first-order valence-corrected chi connectivity index (χ1v) is 12.1. The van der Waals surface area contributed by atoms with Gasteiger partial charge in [-0.2, -0.15) is 0 Å². The van der Waals surface area contributed by atoms with Crippen LogP contribution in [0.4, 0.5) is 0 Å². The second kappa shape index (κ2) is 25.5. The van der Waals surface area contributed by atoms with Crippen LogP contribution in [0.5, 0.6) is 0 Å². The fourth-order valence-electron chi connectivity index (χ4n) is 3.74. The number of nitrogens with zero attached hydrogens (tertiary/aromatic N) is 1. The van der Waals surface area contributed by atoms with Gasteiger partial charge in [0.15, 0.2) is 0 Å². The Bertz CT molecular complexity index is 291. The molecule has 0 bridgehead atoms. The first-order chi connectivity index (χ1) is 13.2. The molecule has 162 valence electrons. The third-order valence-corrected chi connectivity index (χ3v) is 5.51. The summed E-state index contributed by atoms with van der Waals surface area (Å²) in [5, 5.41) is 11.0. The van der Waals surface area contributed by atoms with Crippen molar-refractivity contribution in [2.45, 2.75) is 129 Å². The van der Waals surface area contributed by atoms with Crippen molar-refractivity contribution >= 4 is 5.97 Å². The molecular formula is C24H48NNaO2. The van der Waals surface area contributed by atoms with Gasteiger partial charge in [0.05, 0.1) is 5.97 Å². The number of carboxylic acid groups (broad SMARTS) is 1. The van der Waals surface area contributed by atoms with Gasteiger partial charge in [0.1, 0.15) is 0 Å². The number of rotatable bonds is 22. The molecule has 0 rings (SSSR count). The average Bonchev–Trinajstić information content (AvgIpc) is 2.64. The molecule has 0 aromatic heterocycles. The zero-order valence-corrected chi connectivity index (χ0v) is 21.6. The van der Waals surface area contributed by atoms with Gasteiger partial charge in [-0.3, -0.25) is 4.90 Å². The van der Waals surface area contributed by atoms with Crippen LogP contribution in [-0.4, -0.2) is 30.5 Å². The van der Waals surface area contributed by atoms with Crippen LogP contribution in [0.3, 0.4) is 0 Å². The van der Waals surface area contributed by atoms with E-state index in [-0.39, 0.29) is 36.1 Å². The van der Waals surface area contributed by atoms with Crippen LogP contribution >= 0.6 is 0 Å². The molecule has 0 aliphatic carbocycles. The van der Waals surface area contributed by atoms with Crippen molar-refractivity contribution in [1.82, 2.24) is 4.90 Å². The third-order valence-electron chi connectivity index (χ3n) is 5.51. The summed E-state index contributed by atoms with van der Waals surface area (Å²) in [7, 11) is 0. The molecule has 0 unspecified atom stereocenters. The Morgan fingerprint density at radius 2 is 0.857 bits per heavy atom. The molecule has 0 fully saturated rings. The van der Waals surface area contributed by atoms with E-state index < -0.39 is 5.97 Å². The molecule has 0 atom stereocenters. The van der Waals surface area contributed by atoms with Crippen molar-refractivity contribution in [2.24, 2.45) is 0 Å². The maximum atomic E-state index is 11.0. The molecule has 0 amide bonds. The standard InChI is InChI=1S/C24H49NO2.Na/c1-3-5-7-9-11-13-15-17-19-21-25(23-24(26)27)22-20-18-16-14-12-10-8-6-4-2;/h3-23H2,1-2H3,(H,26,27);/q;+1/p-1. The summed E-state index contributed by atoms with van der Waals surface area (Å²) in [6.07, 6.45) is 23.6. The van der Waals surface area contributed by atoms with E-state index in [9.17, 15) is 9.90 Å². The fraction of sp³-hybridized carbons (Fsp3) is 0.958. The fourth-order valence-corrected chi connectivity index (χ4v) is 3.74. The molecule has 28 heavy (non-hydrogen) atoms. The summed E-state index contributed by atoms with van der Waals surface area (Å²) < 4.78 is 0. The number of hydrogen-bond donors (Lipinski definition) is 0. The van der Waals surface area contributed by atoms with Gasteiger partial charge in [-0.15, -0.1) is 0 Å². The molecule has 0 saturated carbocycles. The van der Waals surface area contributed by atoms with E-state index in [0.29, 0.717) is 0 Å². The van der Waals surface area contributed by atoms with Gasteiger partial charge in [-0.1, -0.05) is 117 Å². The van der Waals surface area contributed by atoms with Crippen LogP contribution in [0, 0.1) is 0 Å². The van der Waals surface area contributed by atoms with Gasteiger partial charge in [0.2, 0.25) is 0 Å². The van der Waals surface area contributed by atoms with E-state index in [1.807, 2.05) is 0 Å². The van der Waals surface area contributed by atoms with E-state index in [0.717, 1.165) is 25.9 Å². The van der Waals surface area contributed by atoms with Gasteiger partial charge in [0.25, 0.3) is 0 Å². The Labute approximate surface area is 198 Å². The zero-order chi connectivity index (χ0) is 20.0. The molecule has 0 aromatic rings. The minimum Gasteiger partial charge on any atom is -0.549 e. The molecule has 3 nitrogen and oxygen atoms in total. The molecule has 0 N–H and O–H groups in total. The summed E-state index contributed by atoms with van der Waals surface area (Å²) >= 11 is 0. The number of hydrogen-bond acceptors (Lipinski definition) is 3. The SMILES string of the molecule is CCCCCCCCCCCN(CCCCCCCCCCC)CC(=O)[O-].[Na+]. The van der Waals surface area contributed by atoms with Gasteiger partial charge in [-0.05, 0) is 25.9 Å². The second-order valence-corrected chi connectivity index (χ2v) is 8.31. The van der Waals surface area contributed by atoms with Crippen molar-refractivity contribution < 1.29 is 39.5 Å². The summed E-state index contributed by atoms with van der Waals surface area (Å²) in [4.78, 5) is 13.1. The smallest absolute Gasteiger partial charge is 0.549 e. The van der Waals surface area contributed by atoms with Crippen molar-refractivity contribution in [2.75, 3.05) is 19.6 Å². The number of carbonyl (C=O) groups excluding carboxylic acids is 1. The molecule has 0 radical (unpaired) electrons. The van der Waals surface area contributed by atoms with Gasteiger partial charge in [-0.25, -0.2) is 0 Å². The van der Waals surface area contributed by atoms with E-state index >= 15 is 0 Å². The molecule has 4 heteroatoms. The van der Waals surface area contributed by atoms with Gasteiger partial charge in [0, 0.05) is 6.54 Å². The number of unbranched alkanes of at least 4 members (excludes halogenated alkanes) is 16. The maximum absolute atomic E-state index is 11.0. The molecule has 0 spiro atoms. The Morgan fingerprint density at radius 1 is 0.571 bits per heavy atom. The Hall–Kier alpha value is 0.430. The Kier molecular flexibility index (Phi) is 27.9. The quantitative estimate of drug-likeness (QED) is 0.205. The number of carboxylic acids is 1. The summed E-state index contributed by atoms with van der Waals surface area (Å²) in [6.45, 7) is 6.45. The topological polar surface area (TPSA) is 43.4 Å². The normalized spacial score (nSPS) is 11.0. The number of aliphatic carboxylic acids is 1. The summed E-state index contributed by atoms with van der Waals surface area (Å²) in [6, 6.07) is 0. The summed E-state index contributed by atoms with van der Waals surface area (Å²) in [5.74, 6) is -0.929. The molecule has 0 aliphatic heterocycles. The molecule has 0 aliphatic rings. The zero-order valence-electron chi connectivity index (χ0n) is 19.6. The summed E-state index contributed by atoms with van der Waals surface area (Å²) in [5.41, 5.74) is 0. The average molecular weight is 406 g/mol. The van der Waals surface area contributed by atoms with Crippen molar-refractivity contribution in [3.05, 3.63) is 0 Å². The van der Waals surface area contributed by atoms with Gasteiger partial charge >= 0.3 is 29.6 Å². The minimum atomic E-state index is -0.929. The van der Waals surface area contributed by atoms with Crippen LogP contribution in [0.2, 0.25) is 0 Å². The Balaban J connectivity index is 0. The first kappa shape index (κ1) is 30.6. The third kappa shape index (κ3) is 24.5. The predicted molar refractivity (Wildman–Crippen MR) is 116 cm³/mol.